The Bertz CT molecular complexity index is 499. The van der Waals surface area contributed by atoms with Crippen LogP contribution in [-0.4, -0.2) is 0 Å². The van der Waals surface area contributed by atoms with Gasteiger partial charge in [-0.25, -0.2) is 0 Å². The Hall–Kier alpha value is -0.990. The highest BCUT2D eigenvalue weighted by Gasteiger charge is 2.08. The molecule has 2 aromatic carbocycles. The third-order valence-electron chi connectivity index (χ3n) is 2.62. The zero-order valence-electron chi connectivity index (χ0n) is 9.45. The summed E-state index contributed by atoms with van der Waals surface area (Å²) in [6, 6.07) is 16.4. The lowest BCUT2D eigenvalue weighted by Gasteiger charge is -2.17. The average molecular weight is 311 g/mol. The molecule has 1 nitrogen and oxygen atoms in total. The molecule has 0 spiro atoms. The number of halogens is 2. The predicted molar refractivity (Wildman–Crippen MR) is 77.6 cm³/mol. The molecule has 0 aromatic heterocycles. The highest BCUT2D eigenvalue weighted by Crippen LogP contribution is 2.32. The third kappa shape index (κ3) is 3.02. The summed E-state index contributed by atoms with van der Waals surface area (Å²) in [6.07, 6.45) is 0. The molecule has 0 heterocycles. The summed E-state index contributed by atoms with van der Waals surface area (Å²) in [5, 5.41) is 4.15. The van der Waals surface area contributed by atoms with E-state index in [2.05, 4.69) is 40.3 Å². The minimum absolute atomic E-state index is 0.242. The highest BCUT2D eigenvalue weighted by molar-refractivity contribution is 9.10. The Morgan fingerprint density at radius 3 is 2.47 bits per heavy atom. The van der Waals surface area contributed by atoms with Crippen molar-refractivity contribution >= 4 is 33.2 Å². The lowest BCUT2D eigenvalue weighted by molar-refractivity contribution is 0.884. The Balaban J connectivity index is 2.19. The molecule has 17 heavy (non-hydrogen) atoms. The molecule has 2 rings (SSSR count). The normalized spacial score (nSPS) is 12.2. The van der Waals surface area contributed by atoms with Gasteiger partial charge in [-0.1, -0.05) is 48.0 Å². The second-order valence-electron chi connectivity index (χ2n) is 3.88. The first-order valence-electron chi connectivity index (χ1n) is 5.44. The Kier molecular flexibility index (Phi) is 4.08. The molecule has 0 fully saturated rings. The van der Waals surface area contributed by atoms with Crippen LogP contribution in [-0.2, 0) is 0 Å². The molecule has 0 amide bonds. The number of benzene rings is 2. The van der Waals surface area contributed by atoms with Gasteiger partial charge in [-0.15, -0.1) is 0 Å². The monoisotopic (exact) mass is 309 g/mol. The van der Waals surface area contributed by atoms with Crippen molar-refractivity contribution in [3.8, 4) is 0 Å². The summed E-state index contributed by atoms with van der Waals surface area (Å²) in [5.41, 5.74) is 2.26. The first kappa shape index (κ1) is 12.5. The van der Waals surface area contributed by atoms with Gasteiger partial charge in [-0.2, -0.15) is 0 Å². The van der Waals surface area contributed by atoms with Crippen LogP contribution in [0.5, 0.6) is 0 Å². The van der Waals surface area contributed by atoms with E-state index in [1.807, 2.05) is 36.4 Å². The molecular formula is C14H13BrClN. The van der Waals surface area contributed by atoms with Crippen molar-refractivity contribution in [3.05, 3.63) is 63.6 Å². The van der Waals surface area contributed by atoms with Crippen molar-refractivity contribution in [3.63, 3.8) is 0 Å². The van der Waals surface area contributed by atoms with Gasteiger partial charge in [0.15, 0.2) is 0 Å². The number of rotatable bonds is 3. The van der Waals surface area contributed by atoms with Crippen molar-refractivity contribution in [1.29, 1.82) is 0 Å². The minimum atomic E-state index is 0.242. The molecular weight excluding hydrogens is 298 g/mol. The fourth-order valence-corrected chi connectivity index (χ4v) is 2.23. The summed E-state index contributed by atoms with van der Waals surface area (Å²) in [6.45, 7) is 2.13. The molecule has 88 valence electrons. The van der Waals surface area contributed by atoms with Gasteiger partial charge < -0.3 is 5.32 Å². The van der Waals surface area contributed by atoms with Crippen LogP contribution in [0.15, 0.2) is 53.0 Å². The van der Waals surface area contributed by atoms with Crippen LogP contribution in [0.2, 0.25) is 5.02 Å². The molecule has 0 radical (unpaired) electrons. The van der Waals surface area contributed by atoms with Crippen LogP contribution in [0.3, 0.4) is 0 Å². The molecule has 0 bridgehead atoms. The maximum atomic E-state index is 6.06. The topological polar surface area (TPSA) is 12.0 Å². The molecule has 0 saturated carbocycles. The maximum absolute atomic E-state index is 6.06. The molecule has 1 unspecified atom stereocenters. The molecule has 2 aromatic rings. The number of anilines is 1. The van der Waals surface area contributed by atoms with Gasteiger partial charge in [0.2, 0.25) is 0 Å². The van der Waals surface area contributed by atoms with Gasteiger partial charge >= 0.3 is 0 Å². The van der Waals surface area contributed by atoms with E-state index in [0.717, 1.165) is 15.2 Å². The molecule has 0 aliphatic carbocycles. The van der Waals surface area contributed by atoms with E-state index in [4.69, 9.17) is 11.6 Å². The van der Waals surface area contributed by atoms with Crippen LogP contribution in [0.1, 0.15) is 18.5 Å². The average Bonchev–Trinajstić information content (AvgIpc) is 2.36. The molecule has 1 atom stereocenters. The molecule has 1 N–H and O–H groups in total. The second kappa shape index (κ2) is 5.56. The van der Waals surface area contributed by atoms with Gasteiger partial charge in [0.05, 0.1) is 15.2 Å². The summed E-state index contributed by atoms with van der Waals surface area (Å²) in [4.78, 5) is 0. The SMILES string of the molecule is CC(Nc1cccc(Cl)c1Br)c1ccccc1. The standard InChI is InChI=1S/C14H13BrClN/c1-10(11-6-3-2-4-7-11)17-13-9-5-8-12(16)14(13)15/h2-10,17H,1H3. The summed E-state index contributed by atoms with van der Waals surface area (Å²) in [7, 11) is 0. The van der Waals surface area contributed by atoms with E-state index < -0.39 is 0 Å². The summed E-state index contributed by atoms with van der Waals surface area (Å²) < 4.78 is 0.907. The molecule has 0 aliphatic heterocycles. The van der Waals surface area contributed by atoms with E-state index >= 15 is 0 Å². The zero-order chi connectivity index (χ0) is 12.3. The second-order valence-corrected chi connectivity index (χ2v) is 5.08. The van der Waals surface area contributed by atoms with Crippen molar-refractivity contribution < 1.29 is 0 Å². The Labute approximate surface area is 115 Å². The minimum Gasteiger partial charge on any atom is -0.378 e. The van der Waals surface area contributed by atoms with Crippen LogP contribution < -0.4 is 5.32 Å². The number of hydrogen-bond acceptors (Lipinski definition) is 1. The zero-order valence-corrected chi connectivity index (χ0v) is 11.8. The van der Waals surface area contributed by atoms with Crippen molar-refractivity contribution in [2.75, 3.05) is 5.32 Å². The van der Waals surface area contributed by atoms with Gasteiger partial charge in [0.25, 0.3) is 0 Å². The summed E-state index contributed by atoms with van der Waals surface area (Å²) >= 11 is 9.54. The molecule has 3 heteroatoms. The first-order chi connectivity index (χ1) is 8.18. The van der Waals surface area contributed by atoms with Gasteiger partial charge in [-0.3, -0.25) is 0 Å². The predicted octanol–water partition coefficient (Wildman–Crippen LogP) is 5.28. The Morgan fingerprint density at radius 2 is 1.76 bits per heavy atom. The van der Waals surface area contributed by atoms with Gasteiger partial charge in [-0.05, 0) is 40.5 Å². The quantitative estimate of drug-likeness (QED) is 0.813. The lowest BCUT2D eigenvalue weighted by Crippen LogP contribution is -2.06. The highest BCUT2D eigenvalue weighted by atomic mass is 79.9. The van der Waals surface area contributed by atoms with Crippen LogP contribution in [0, 0.1) is 0 Å². The van der Waals surface area contributed by atoms with Crippen molar-refractivity contribution in [2.45, 2.75) is 13.0 Å². The Morgan fingerprint density at radius 1 is 1.06 bits per heavy atom. The van der Waals surface area contributed by atoms with E-state index in [1.165, 1.54) is 5.56 Å². The van der Waals surface area contributed by atoms with E-state index in [1.54, 1.807) is 0 Å². The molecule has 0 saturated heterocycles. The van der Waals surface area contributed by atoms with E-state index in [0.29, 0.717) is 0 Å². The number of hydrogen-bond donors (Lipinski definition) is 1. The van der Waals surface area contributed by atoms with Crippen LogP contribution in [0.25, 0.3) is 0 Å². The molecule has 0 aliphatic rings. The van der Waals surface area contributed by atoms with Gasteiger partial charge in [0, 0.05) is 6.04 Å². The fourth-order valence-electron chi connectivity index (χ4n) is 1.67. The smallest absolute Gasteiger partial charge is 0.0593 e. The third-order valence-corrected chi connectivity index (χ3v) is 4.02. The fraction of sp³-hybridized carbons (Fsp3) is 0.143. The van der Waals surface area contributed by atoms with E-state index in [9.17, 15) is 0 Å². The maximum Gasteiger partial charge on any atom is 0.0593 e. The van der Waals surface area contributed by atoms with Crippen molar-refractivity contribution in [2.24, 2.45) is 0 Å². The summed E-state index contributed by atoms with van der Waals surface area (Å²) in [5.74, 6) is 0. The largest absolute Gasteiger partial charge is 0.378 e. The first-order valence-corrected chi connectivity index (χ1v) is 6.61. The van der Waals surface area contributed by atoms with Crippen LogP contribution >= 0.6 is 27.5 Å². The van der Waals surface area contributed by atoms with E-state index in [-0.39, 0.29) is 6.04 Å². The lowest BCUT2D eigenvalue weighted by atomic mass is 10.1. The van der Waals surface area contributed by atoms with Crippen molar-refractivity contribution in [1.82, 2.24) is 0 Å². The van der Waals surface area contributed by atoms with Crippen LogP contribution in [0.4, 0.5) is 5.69 Å². The number of nitrogens with one attached hydrogen (secondary N) is 1. The van der Waals surface area contributed by atoms with Gasteiger partial charge in [0.1, 0.15) is 0 Å².